The van der Waals surface area contributed by atoms with Gasteiger partial charge in [0.25, 0.3) is 0 Å². The van der Waals surface area contributed by atoms with Gasteiger partial charge in [0.2, 0.25) is 11.8 Å². The average molecular weight is 710 g/mol. The van der Waals surface area contributed by atoms with Gasteiger partial charge in [0.1, 0.15) is 29.3 Å². The summed E-state index contributed by atoms with van der Waals surface area (Å²) in [5, 5.41) is 12.5. The number of fused-ring (bicyclic) bond motifs is 1. The highest BCUT2D eigenvalue weighted by Gasteiger charge is 2.51. The summed E-state index contributed by atoms with van der Waals surface area (Å²) in [6.45, 7) is 6.73. The fraction of sp³-hybridized carbons (Fsp3) is 0.500. The first kappa shape index (κ1) is 37.6. The van der Waals surface area contributed by atoms with E-state index in [0.29, 0.717) is 64.6 Å². The van der Waals surface area contributed by atoms with Crippen LogP contribution in [0.4, 0.5) is 34.8 Å². The zero-order chi connectivity index (χ0) is 37.1. The van der Waals surface area contributed by atoms with Crippen LogP contribution >= 0.6 is 0 Å². The van der Waals surface area contributed by atoms with E-state index in [0.717, 1.165) is 6.07 Å². The molecule has 1 aromatic heterocycles. The van der Waals surface area contributed by atoms with E-state index in [2.05, 4.69) is 26.0 Å². The molecule has 51 heavy (non-hydrogen) atoms. The predicted molar refractivity (Wildman–Crippen MR) is 187 cm³/mol. The molecule has 3 aliphatic rings. The first-order valence-corrected chi connectivity index (χ1v) is 16.7. The highest BCUT2D eigenvalue weighted by Crippen LogP contribution is 2.38. The van der Waals surface area contributed by atoms with Crippen LogP contribution in [0, 0.1) is 36.4 Å². The van der Waals surface area contributed by atoms with Crippen LogP contribution < -0.4 is 15.1 Å². The van der Waals surface area contributed by atoms with Crippen molar-refractivity contribution in [2.75, 3.05) is 102 Å². The van der Waals surface area contributed by atoms with Crippen molar-refractivity contribution in [3.05, 3.63) is 59.1 Å². The van der Waals surface area contributed by atoms with Gasteiger partial charge < -0.3 is 24.9 Å². The number of hydrogen-bond acceptors (Lipinski definition) is 9. The number of likely N-dealkylation sites (tertiary alicyclic amines) is 1. The van der Waals surface area contributed by atoms with Crippen LogP contribution in [-0.4, -0.2) is 135 Å². The summed E-state index contributed by atoms with van der Waals surface area (Å²) in [7, 11) is 5.35. The zero-order valence-corrected chi connectivity index (χ0v) is 29.3. The number of nitrogens with zero attached hydrogens (tertiary/aromatic N) is 8. The van der Waals surface area contributed by atoms with E-state index < -0.39 is 35.1 Å². The van der Waals surface area contributed by atoms with E-state index in [1.807, 2.05) is 34.9 Å². The summed E-state index contributed by atoms with van der Waals surface area (Å²) in [6.07, 6.45) is 4.44. The molecule has 5 rings (SSSR count). The number of benzene rings is 1. The number of alkyl halides is 3. The van der Waals surface area contributed by atoms with Gasteiger partial charge in [-0.15, -0.1) is 6.42 Å². The number of halogens is 4. The fourth-order valence-corrected chi connectivity index (χ4v) is 7.09. The van der Waals surface area contributed by atoms with E-state index in [1.165, 1.54) is 31.0 Å². The molecular weight excluding hydrogens is 666 g/mol. The second kappa shape index (κ2) is 15.3. The molecule has 2 fully saturated rings. The number of nitriles is 1. The van der Waals surface area contributed by atoms with E-state index in [1.54, 1.807) is 18.2 Å². The third-order valence-corrected chi connectivity index (χ3v) is 9.69. The quantitative estimate of drug-likeness (QED) is 0.239. The van der Waals surface area contributed by atoms with Gasteiger partial charge in [-0.05, 0) is 45.6 Å². The minimum atomic E-state index is -4.80. The number of para-hydroxylation sites is 1. The van der Waals surface area contributed by atoms with Crippen molar-refractivity contribution in [3.8, 4) is 18.4 Å². The van der Waals surface area contributed by atoms with Gasteiger partial charge in [-0.25, -0.2) is 9.37 Å². The van der Waals surface area contributed by atoms with Crippen molar-refractivity contribution in [3.63, 3.8) is 0 Å². The summed E-state index contributed by atoms with van der Waals surface area (Å²) in [5.74, 6) is 1.35. The molecule has 1 aromatic carbocycles. The molecule has 1 atom stereocenters. The normalized spacial score (nSPS) is 19.8. The monoisotopic (exact) mass is 709 g/mol. The first-order valence-electron chi connectivity index (χ1n) is 16.7. The Bertz CT molecular complexity index is 1740. The second-order valence-electron chi connectivity index (χ2n) is 13.6. The van der Waals surface area contributed by atoms with Gasteiger partial charge in [0, 0.05) is 77.7 Å². The highest BCUT2D eigenvalue weighted by atomic mass is 19.4. The summed E-state index contributed by atoms with van der Waals surface area (Å²) in [6, 6.07) is 5.80. The Morgan fingerprint density at radius 2 is 1.94 bits per heavy atom. The van der Waals surface area contributed by atoms with E-state index in [4.69, 9.17) is 6.42 Å². The Hall–Kier alpha value is -4.70. The molecule has 15 heteroatoms. The van der Waals surface area contributed by atoms with Crippen LogP contribution in [-0.2, 0) is 15.8 Å². The number of terminal acetylenes is 1. The number of pyridine rings is 1. The number of hydrogen-bond donors (Lipinski definition) is 1. The number of carbonyl (C=O) groups excluding carboxylic acids is 2. The average Bonchev–Trinajstić information content (AvgIpc) is 3.05. The number of likely N-dealkylation sites (N-methyl/N-ethyl adjacent to an activating group) is 2. The van der Waals surface area contributed by atoms with Crippen LogP contribution in [0.25, 0.3) is 0 Å². The van der Waals surface area contributed by atoms with E-state index >= 15 is 4.39 Å². The molecular formula is C36H43F4N9O2. The number of aromatic nitrogens is 1. The SMILES string of the molecule is C#CCN1CCN(CCN2CCC(Nc3nc(C)cc(C(F)(F)F)c3C#N)C(=O)N(C)c3cccc(F)c32)CC12CN(C(=O)C=CCN(C)C)C2. The maximum Gasteiger partial charge on any atom is 0.417 e. The van der Waals surface area contributed by atoms with Gasteiger partial charge in [0.15, 0.2) is 0 Å². The lowest BCUT2D eigenvalue weighted by molar-refractivity contribution is -0.147. The molecule has 3 aliphatic heterocycles. The molecule has 1 N–H and O–H groups in total. The van der Waals surface area contributed by atoms with Gasteiger partial charge in [-0.2, -0.15) is 18.4 Å². The molecule has 0 saturated carbocycles. The minimum Gasteiger partial charge on any atom is -0.366 e. The Kier molecular flexibility index (Phi) is 11.2. The van der Waals surface area contributed by atoms with Crippen LogP contribution in [0.2, 0.25) is 0 Å². The second-order valence-corrected chi connectivity index (χ2v) is 13.6. The largest absolute Gasteiger partial charge is 0.417 e. The Balaban J connectivity index is 1.34. The molecule has 2 aromatic rings. The van der Waals surface area contributed by atoms with Crippen LogP contribution in [0.1, 0.15) is 23.2 Å². The smallest absolute Gasteiger partial charge is 0.366 e. The van der Waals surface area contributed by atoms with E-state index in [9.17, 15) is 28.0 Å². The summed E-state index contributed by atoms with van der Waals surface area (Å²) < 4.78 is 57.0. The summed E-state index contributed by atoms with van der Waals surface area (Å²) in [5.41, 5.74) is -1.56. The van der Waals surface area contributed by atoms with Crippen molar-refractivity contribution < 1.29 is 27.2 Å². The lowest BCUT2D eigenvalue weighted by Crippen LogP contribution is -2.77. The van der Waals surface area contributed by atoms with Crippen molar-refractivity contribution in [1.82, 2.24) is 24.6 Å². The Morgan fingerprint density at radius 1 is 1.20 bits per heavy atom. The number of piperazine rings is 1. The Labute approximate surface area is 296 Å². The zero-order valence-electron chi connectivity index (χ0n) is 29.3. The lowest BCUT2D eigenvalue weighted by atomic mass is 9.84. The maximum atomic E-state index is 15.6. The van der Waals surface area contributed by atoms with Gasteiger partial charge in [0.05, 0.1) is 29.0 Å². The topological polar surface area (TPSA) is 102 Å². The standard InChI is InChI=1S/C36H43F4N9O2/c1-6-13-49-19-17-46(22-35(49)23-48(24-35)31(50)11-8-14-44(3)4)16-18-47-15-12-29(34(51)45(5)30-10-7-9-28(37)32(30)47)43-33-26(21-41)27(36(38,39)40)20-25(2)42-33/h1,7-11,20,29H,12-19,22-24H2,2-5H3,(H,42,43). The number of aryl methyl sites for hydroxylation is 1. The van der Waals surface area contributed by atoms with Crippen molar-refractivity contribution in [1.29, 1.82) is 5.26 Å². The number of nitrogens with one attached hydrogen (secondary N) is 1. The van der Waals surface area contributed by atoms with Gasteiger partial charge in [-0.1, -0.05) is 18.1 Å². The number of carbonyl (C=O) groups is 2. The molecule has 0 radical (unpaired) electrons. The number of rotatable bonds is 9. The molecule has 4 heterocycles. The number of anilines is 3. The molecule has 11 nitrogen and oxygen atoms in total. The molecule has 0 bridgehead atoms. The van der Waals surface area contributed by atoms with Crippen molar-refractivity contribution in [2.45, 2.75) is 31.1 Å². The molecule has 2 amide bonds. The molecule has 1 unspecified atom stereocenters. The molecule has 2 saturated heterocycles. The number of amides is 2. The molecule has 272 valence electrons. The Morgan fingerprint density at radius 3 is 2.61 bits per heavy atom. The van der Waals surface area contributed by atoms with Crippen LogP contribution in [0.15, 0.2) is 36.4 Å². The van der Waals surface area contributed by atoms with Gasteiger partial charge >= 0.3 is 6.18 Å². The lowest BCUT2D eigenvalue weighted by Gasteiger charge is -2.59. The third-order valence-electron chi connectivity index (χ3n) is 9.69. The highest BCUT2D eigenvalue weighted by molar-refractivity contribution is 6.01. The molecule has 0 aliphatic carbocycles. The third kappa shape index (κ3) is 8.12. The van der Waals surface area contributed by atoms with Crippen molar-refractivity contribution >= 4 is 29.0 Å². The summed E-state index contributed by atoms with van der Waals surface area (Å²) >= 11 is 0. The van der Waals surface area contributed by atoms with Crippen LogP contribution in [0.5, 0.6) is 0 Å². The van der Waals surface area contributed by atoms with Gasteiger partial charge in [-0.3, -0.25) is 19.4 Å². The summed E-state index contributed by atoms with van der Waals surface area (Å²) in [4.78, 5) is 42.2. The predicted octanol–water partition coefficient (Wildman–Crippen LogP) is 3.02. The minimum absolute atomic E-state index is 0.0318. The van der Waals surface area contributed by atoms with E-state index in [-0.39, 0.29) is 41.6 Å². The molecule has 1 spiro atoms. The maximum absolute atomic E-state index is 15.6. The van der Waals surface area contributed by atoms with Crippen molar-refractivity contribution in [2.24, 2.45) is 0 Å². The fourth-order valence-electron chi connectivity index (χ4n) is 7.09. The first-order chi connectivity index (χ1) is 24.2. The van der Waals surface area contributed by atoms with Crippen LogP contribution in [0.3, 0.4) is 0 Å².